The van der Waals surface area contributed by atoms with Crippen LogP contribution in [0.2, 0.25) is 0 Å². The highest BCUT2D eigenvalue weighted by Gasteiger charge is 2.35. The van der Waals surface area contributed by atoms with E-state index in [1.165, 1.54) is 12.1 Å². The Labute approximate surface area is 156 Å². The van der Waals surface area contributed by atoms with Gasteiger partial charge in [-0.3, -0.25) is 14.3 Å². The van der Waals surface area contributed by atoms with E-state index in [9.17, 15) is 14.0 Å². The van der Waals surface area contributed by atoms with E-state index in [0.29, 0.717) is 36.5 Å². The van der Waals surface area contributed by atoms with Crippen LogP contribution in [0.3, 0.4) is 0 Å². The minimum atomic E-state index is -0.445. The molecule has 2 aromatic rings. The van der Waals surface area contributed by atoms with Gasteiger partial charge in [-0.15, -0.1) is 0 Å². The zero-order valence-corrected chi connectivity index (χ0v) is 15.4. The van der Waals surface area contributed by atoms with Gasteiger partial charge in [-0.05, 0) is 31.2 Å². The van der Waals surface area contributed by atoms with Gasteiger partial charge in [-0.25, -0.2) is 4.39 Å². The fourth-order valence-corrected chi connectivity index (χ4v) is 3.47. The lowest BCUT2D eigenvalue weighted by atomic mass is 9.90. The molecule has 1 aromatic carbocycles. The van der Waals surface area contributed by atoms with Gasteiger partial charge in [0.2, 0.25) is 5.91 Å². The zero-order chi connectivity index (χ0) is 19.6. The molecule has 2 atom stereocenters. The first-order chi connectivity index (χ1) is 12.8. The maximum absolute atomic E-state index is 13.1. The number of halogens is 1. The minimum absolute atomic E-state index is 0.113. The molecule has 144 valence electrons. The Balaban J connectivity index is 1.73. The van der Waals surface area contributed by atoms with Crippen LogP contribution in [0.15, 0.2) is 30.5 Å². The number of likely N-dealkylation sites (tertiary alicyclic amines) is 1. The highest BCUT2D eigenvalue weighted by molar-refractivity contribution is 5.95. The second-order valence-corrected chi connectivity index (χ2v) is 6.88. The summed E-state index contributed by atoms with van der Waals surface area (Å²) < 4.78 is 20.6. The standard InChI is InChI=1S/C19H23FN4O3/c1-12-16(11-23(2)22-12)19(26)24-8-7-17(13(10-24)9-18(21)25)27-15-5-3-14(20)4-6-15/h3-6,11,13,17H,7-10H2,1-2H3,(H2,21,25)/t13-,17-/m0/s1. The Bertz CT molecular complexity index is 834. The van der Waals surface area contributed by atoms with Crippen molar-refractivity contribution in [1.82, 2.24) is 14.7 Å². The Morgan fingerprint density at radius 1 is 1.33 bits per heavy atom. The molecule has 8 heteroatoms. The van der Waals surface area contributed by atoms with Gasteiger partial charge in [0, 0.05) is 45.1 Å². The minimum Gasteiger partial charge on any atom is -0.490 e. The summed E-state index contributed by atoms with van der Waals surface area (Å²) in [6.45, 7) is 2.65. The second-order valence-electron chi connectivity index (χ2n) is 6.88. The van der Waals surface area contributed by atoms with E-state index in [4.69, 9.17) is 10.5 Å². The first-order valence-electron chi connectivity index (χ1n) is 8.83. The first-order valence-corrected chi connectivity index (χ1v) is 8.83. The van der Waals surface area contributed by atoms with Crippen molar-refractivity contribution < 1.29 is 18.7 Å². The smallest absolute Gasteiger partial charge is 0.257 e. The van der Waals surface area contributed by atoms with Crippen molar-refractivity contribution in [2.24, 2.45) is 18.7 Å². The van der Waals surface area contributed by atoms with Crippen LogP contribution in [-0.2, 0) is 11.8 Å². The molecule has 3 rings (SSSR count). The fourth-order valence-electron chi connectivity index (χ4n) is 3.47. The van der Waals surface area contributed by atoms with Crippen LogP contribution in [0.25, 0.3) is 0 Å². The lowest BCUT2D eigenvalue weighted by molar-refractivity contribution is -0.120. The number of benzene rings is 1. The van der Waals surface area contributed by atoms with Crippen LogP contribution in [0, 0.1) is 18.7 Å². The topological polar surface area (TPSA) is 90.4 Å². The van der Waals surface area contributed by atoms with Crippen LogP contribution in [0.5, 0.6) is 5.75 Å². The van der Waals surface area contributed by atoms with Gasteiger partial charge in [0.25, 0.3) is 5.91 Å². The number of rotatable bonds is 5. The summed E-state index contributed by atoms with van der Waals surface area (Å²) in [6.07, 6.45) is 2.09. The number of amides is 2. The number of primary amides is 1. The van der Waals surface area contributed by atoms with E-state index in [2.05, 4.69) is 5.10 Å². The number of carbonyl (C=O) groups is 2. The second kappa shape index (κ2) is 7.77. The number of ether oxygens (including phenoxy) is 1. The number of hydrogen-bond donors (Lipinski definition) is 1. The van der Waals surface area contributed by atoms with Crippen molar-refractivity contribution in [3.05, 3.63) is 47.5 Å². The Morgan fingerprint density at radius 2 is 2.04 bits per heavy atom. The quantitative estimate of drug-likeness (QED) is 0.862. The van der Waals surface area contributed by atoms with Crippen molar-refractivity contribution in [2.45, 2.75) is 25.9 Å². The molecule has 0 saturated carbocycles. The Kier molecular flexibility index (Phi) is 5.43. The predicted octanol–water partition coefficient (Wildman–Crippen LogP) is 1.65. The predicted molar refractivity (Wildman–Crippen MR) is 96.6 cm³/mol. The molecule has 2 N–H and O–H groups in total. The average molecular weight is 374 g/mol. The summed E-state index contributed by atoms with van der Waals surface area (Å²) in [5, 5.41) is 4.21. The normalized spacial score (nSPS) is 19.7. The van der Waals surface area contributed by atoms with E-state index >= 15 is 0 Å². The van der Waals surface area contributed by atoms with Gasteiger partial charge < -0.3 is 15.4 Å². The number of aryl methyl sites for hydroxylation is 2. The molecule has 1 aromatic heterocycles. The summed E-state index contributed by atoms with van der Waals surface area (Å²) in [4.78, 5) is 26.1. The third kappa shape index (κ3) is 4.45. The van der Waals surface area contributed by atoms with Crippen LogP contribution >= 0.6 is 0 Å². The third-order valence-electron chi connectivity index (χ3n) is 4.76. The van der Waals surface area contributed by atoms with Gasteiger partial charge in [0.05, 0.1) is 11.3 Å². The zero-order valence-electron chi connectivity index (χ0n) is 15.4. The molecule has 0 bridgehead atoms. The number of piperidine rings is 1. The largest absolute Gasteiger partial charge is 0.490 e. The molecule has 2 heterocycles. The number of aromatic nitrogens is 2. The van der Waals surface area contributed by atoms with Gasteiger partial charge in [0.1, 0.15) is 17.7 Å². The van der Waals surface area contributed by atoms with Crippen molar-refractivity contribution in [1.29, 1.82) is 0 Å². The van der Waals surface area contributed by atoms with Crippen molar-refractivity contribution in [3.63, 3.8) is 0 Å². The van der Waals surface area contributed by atoms with E-state index in [0.717, 1.165) is 0 Å². The number of nitrogens with zero attached hydrogens (tertiary/aromatic N) is 3. The number of hydrogen-bond acceptors (Lipinski definition) is 4. The average Bonchev–Trinajstić information content (AvgIpc) is 2.95. The van der Waals surface area contributed by atoms with Crippen LogP contribution in [0.1, 0.15) is 28.9 Å². The fraction of sp³-hybridized carbons (Fsp3) is 0.421. The SMILES string of the molecule is Cc1nn(C)cc1C(=O)N1CC[C@H](Oc2ccc(F)cc2)[C@@H](CC(N)=O)C1. The lowest BCUT2D eigenvalue weighted by Gasteiger charge is -2.38. The monoisotopic (exact) mass is 374 g/mol. The number of nitrogens with two attached hydrogens (primary N) is 1. The van der Waals surface area contributed by atoms with E-state index in [1.807, 2.05) is 0 Å². The van der Waals surface area contributed by atoms with Gasteiger partial charge in [-0.2, -0.15) is 5.10 Å². The molecular weight excluding hydrogens is 351 g/mol. The molecule has 0 aliphatic carbocycles. The molecule has 1 saturated heterocycles. The molecule has 0 radical (unpaired) electrons. The van der Waals surface area contributed by atoms with Crippen molar-refractivity contribution in [2.75, 3.05) is 13.1 Å². The third-order valence-corrected chi connectivity index (χ3v) is 4.76. The molecule has 1 fully saturated rings. The van der Waals surface area contributed by atoms with Gasteiger partial charge in [-0.1, -0.05) is 0 Å². The summed E-state index contributed by atoms with van der Waals surface area (Å²) in [7, 11) is 1.77. The van der Waals surface area contributed by atoms with Crippen LogP contribution in [-0.4, -0.2) is 45.7 Å². The van der Waals surface area contributed by atoms with E-state index in [-0.39, 0.29) is 30.2 Å². The molecule has 2 amide bonds. The lowest BCUT2D eigenvalue weighted by Crippen LogP contribution is -2.49. The molecule has 27 heavy (non-hydrogen) atoms. The maximum atomic E-state index is 13.1. The van der Waals surface area contributed by atoms with Crippen molar-refractivity contribution >= 4 is 11.8 Å². The molecule has 0 spiro atoms. The van der Waals surface area contributed by atoms with Gasteiger partial charge >= 0.3 is 0 Å². The van der Waals surface area contributed by atoms with E-state index in [1.54, 1.807) is 41.9 Å². The summed E-state index contributed by atoms with van der Waals surface area (Å²) >= 11 is 0. The Morgan fingerprint density at radius 3 is 2.63 bits per heavy atom. The molecule has 0 unspecified atom stereocenters. The summed E-state index contributed by atoms with van der Waals surface area (Å²) in [6, 6.07) is 5.74. The number of carbonyl (C=O) groups excluding carboxylic acids is 2. The molecule has 1 aliphatic heterocycles. The summed E-state index contributed by atoms with van der Waals surface area (Å²) in [5.74, 6) is -0.612. The van der Waals surface area contributed by atoms with Crippen molar-refractivity contribution in [3.8, 4) is 5.75 Å². The first kappa shape index (κ1) is 18.9. The maximum Gasteiger partial charge on any atom is 0.257 e. The highest BCUT2D eigenvalue weighted by atomic mass is 19.1. The highest BCUT2D eigenvalue weighted by Crippen LogP contribution is 2.27. The summed E-state index contributed by atoms with van der Waals surface area (Å²) in [5.41, 5.74) is 6.61. The molecule has 7 nitrogen and oxygen atoms in total. The molecular formula is C19H23FN4O3. The van der Waals surface area contributed by atoms with Gasteiger partial charge in [0.15, 0.2) is 0 Å². The van der Waals surface area contributed by atoms with Crippen LogP contribution < -0.4 is 10.5 Å². The molecule has 1 aliphatic rings. The van der Waals surface area contributed by atoms with Crippen LogP contribution in [0.4, 0.5) is 4.39 Å². The Hall–Kier alpha value is -2.90. The van der Waals surface area contributed by atoms with E-state index < -0.39 is 5.91 Å².